The van der Waals surface area contributed by atoms with Gasteiger partial charge in [-0.2, -0.15) is 0 Å². The van der Waals surface area contributed by atoms with Gasteiger partial charge in [0.05, 0.1) is 23.3 Å². The molecular weight excluding hydrogens is 536 g/mol. The average Bonchev–Trinajstić information content (AvgIpc) is 3.49. The first kappa shape index (κ1) is 25.9. The zero-order valence-corrected chi connectivity index (χ0v) is 24.2. The fourth-order valence-electron chi connectivity index (χ4n) is 6.22. The fraction of sp³-hybridized carbons (Fsp3) is 0.0244. The standard InChI is InChI=1S/C41H30N2O/c1-3-10-29(11-4-1)30-18-20-31(21-19-30)32-22-24-34(25-23-32)43(37-15-8-7-14-35(37)33-12-5-2-6-13-33)38-16-9-17-39-41(38)36-26-27-42-28-40(36)44-39/h1-27,42H,28H2. The van der Waals surface area contributed by atoms with Gasteiger partial charge in [-0.05, 0) is 70.4 Å². The van der Waals surface area contributed by atoms with Crippen LogP contribution < -0.4 is 10.2 Å². The summed E-state index contributed by atoms with van der Waals surface area (Å²) in [6, 6.07) is 53.8. The quantitative estimate of drug-likeness (QED) is 0.217. The van der Waals surface area contributed by atoms with Gasteiger partial charge >= 0.3 is 0 Å². The smallest absolute Gasteiger partial charge is 0.137 e. The number of nitrogens with zero attached hydrogens (tertiary/aromatic N) is 1. The number of benzene rings is 6. The monoisotopic (exact) mass is 566 g/mol. The average molecular weight is 567 g/mol. The van der Waals surface area contributed by atoms with Crippen LogP contribution in [-0.4, -0.2) is 0 Å². The molecule has 1 aromatic heterocycles. The first-order valence-corrected chi connectivity index (χ1v) is 15.0. The zero-order chi connectivity index (χ0) is 29.3. The van der Waals surface area contributed by atoms with Gasteiger partial charge in [0.1, 0.15) is 11.3 Å². The van der Waals surface area contributed by atoms with Crippen molar-refractivity contribution in [3.05, 3.63) is 169 Å². The maximum Gasteiger partial charge on any atom is 0.137 e. The van der Waals surface area contributed by atoms with Gasteiger partial charge in [-0.25, -0.2) is 0 Å². The van der Waals surface area contributed by atoms with Gasteiger partial charge in [-0.15, -0.1) is 0 Å². The molecule has 1 aliphatic heterocycles. The zero-order valence-electron chi connectivity index (χ0n) is 24.2. The summed E-state index contributed by atoms with van der Waals surface area (Å²) in [7, 11) is 0. The third-order valence-corrected chi connectivity index (χ3v) is 8.36. The molecule has 8 rings (SSSR count). The molecule has 0 spiro atoms. The Hall–Kier alpha value is -5.80. The summed E-state index contributed by atoms with van der Waals surface area (Å²) in [5, 5.41) is 4.41. The maximum atomic E-state index is 6.35. The van der Waals surface area contributed by atoms with Gasteiger partial charge in [-0.3, -0.25) is 0 Å². The minimum atomic E-state index is 0.679. The summed E-state index contributed by atoms with van der Waals surface area (Å²) in [5.74, 6) is 0.959. The molecule has 0 radical (unpaired) electrons. The second-order valence-corrected chi connectivity index (χ2v) is 11.0. The Morgan fingerprint density at radius 3 is 1.77 bits per heavy atom. The lowest BCUT2D eigenvalue weighted by molar-refractivity contribution is 0.532. The molecule has 210 valence electrons. The summed E-state index contributed by atoms with van der Waals surface area (Å²) in [5.41, 5.74) is 12.5. The van der Waals surface area contributed by atoms with Gasteiger partial charge in [0.25, 0.3) is 0 Å². The van der Waals surface area contributed by atoms with E-state index in [1.807, 2.05) is 6.20 Å². The normalized spacial score (nSPS) is 12.1. The van der Waals surface area contributed by atoms with Crippen LogP contribution in [0.2, 0.25) is 0 Å². The molecule has 0 amide bonds. The Bertz CT molecular complexity index is 2090. The number of rotatable bonds is 6. The van der Waals surface area contributed by atoms with Crippen molar-refractivity contribution >= 4 is 34.1 Å². The van der Waals surface area contributed by atoms with Crippen molar-refractivity contribution in [1.29, 1.82) is 0 Å². The molecule has 7 aromatic rings. The second-order valence-electron chi connectivity index (χ2n) is 11.0. The van der Waals surface area contributed by atoms with E-state index < -0.39 is 0 Å². The summed E-state index contributed by atoms with van der Waals surface area (Å²) >= 11 is 0. The summed E-state index contributed by atoms with van der Waals surface area (Å²) in [4.78, 5) is 2.37. The van der Waals surface area contributed by atoms with E-state index in [0.717, 1.165) is 39.4 Å². The number of furan rings is 1. The number of para-hydroxylation sites is 1. The first-order chi connectivity index (χ1) is 21.8. The van der Waals surface area contributed by atoms with Crippen molar-refractivity contribution in [2.75, 3.05) is 4.90 Å². The van der Waals surface area contributed by atoms with E-state index in [1.54, 1.807) is 0 Å². The van der Waals surface area contributed by atoms with E-state index in [2.05, 4.69) is 168 Å². The molecule has 0 atom stereocenters. The molecule has 3 nitrogen and oxygen atoms in total. The van der Waals surface area contributed by atoms with Crippen LogP contribution in [0.25, 0.3) is 50.4 Å². The third-order valence-electron chi connectivity index (χ3n) is 8.36. The van der Waals surface area contributed by atoms with Crippen molar-refractivity contribution in [2.45, 2.75) is 6.54 Å². The lowest BCUT2D eigenvalue weighted by Crippen LogP contribution is -2.12. The Balaban J connectivity index is 1.26. The number of hydrogen-bond donors (Lipinski definition) is 1. The predicted molar refractivity (Wildman–Crippen MR) is 183 cm³/mol. The molecule has 0 fully saturated rings. The van der Waals surface area contributed by atoms with Crippen LogP contribution in [0.1, 0.15) is 11.3 Å². The number of anilines is 3. The Kier molecular flexibility index (Phi) is 6.54. The van der Waals surface area contributed by atoms with Crippen LogP contribution in [0.15, 0.2) is 162 Å². The molecule has 2 heterocycles. The Labute approximate surface area is 257 Å². The highest BCUT2D eigenvalue weighted by atomic mass is 16.3. The van der Waals surface area contributed by atoms with E-state index >= 15 is 0 Å². The number of hydrogen-bond acceptors (Lipinski definition) is 3. The first-order valence-electron chi connectivity index (χ1n) is 15.0. The molecule has 6 aromatic carbocycles. The van der Waals surface area contributed by atoms with E-state index in [0.29, 0.717) is 6.54 Å². The largest absolute Gasteiger partial charge is 0.458 e. The lowest BCUT2D eigenvalue weighted by Gasteiger charge is -2.29. The van der Waals surface area contributed by atoms with Crippen LogP contribution >= 0.6 is 0 Å². The fourth-order valence-corrected chi connectivity index (χ4v) is 6.22. The van der Waals surface area contributed by atoms with E-state index in [9.17, 15) is 0 Å². The number of fused-ring (bicyclic) bond motifs is 3. The van der Waals surface area contributed by atoms with Gasteiger partial charge in [-0.1, -0.05) is 121 Å². The molecule has 0 saturated carbocycles. The minimum absolute atomic E-state index is 0.679. The van der Waals surface area contributed by atoms with E-state index in [1.165, 1.54) is 33.4 Å². The summed E-state index contributed by atoms with van der Waals surface area (Å²) < 4.78 is 6.35. The maximum absolute atomic E-state index is 6.35. The van der Waals surface area contributed by atoms with Crippen LogP contribution in [0.3, 0.4) is 0 Å². The SMILES string of the molecule is C1=Cc2c(oc3cccc(N(c4ccc(-c5ccc(-c6ccccc6)cc5)cc4)c4ccccc4-c4ccccc4)c23)CN1. The molecule has 1 N–H and O–H groups in total. The topological polar surface area (TPSA) is 28.4 Å². The molecule has 0 bridgehead atoms. The van der Waals surface area contributed by atoms with E-state index in [4.69, 9.17) is 4.42 Å². The molecule has 0 aliphatic carbocycles. The minimum Gasteiger partial charge on any atom is -0.458 e. The predicted octanol–water partition coefficient (Wildman–Crippen LogP) is 11.0. The molecule has 44 heavy (non-hydrogen) atoms. The van der Waals surface area contributed by atoms with Gasteiger partial charge < -0.3 is 14.6 Å². The van der Waals surface area contributed by atoms with Crippen molar-refractivity contribution in [1.82, 2.24) is 5.32 Å². The van der Waals surface area contributed by atoms with Crippen LogP contribution in [0, 0.1) is 0 Å². The van der Waals surface area contributed by atoms with Crippen molar-refractivity contribution < 1.29 is 4.42 Å². The van der Waals surface area contributed by atoms with Gasteiger partial charge in [0.15, 0.2) is 0 Å². The van der Waals surface area contributed by atoms with E-state index in [-0.39, 0.29) is 0 Å². The highest BCUT2D eigenvalue weighted by Gasteiger charge is 2.24. The van der Waals surface area contributed by atoms with Gasteiger partial charge in [0.2, 0.25) is 0 Å². The molecule has 1 aliphatic rings. The van der Waals surface area contributed by atoms with Crippen molar-refractivity contribution in [3.8, 4) is 33.4 Å². The molecule has 0 saturated heterocycles. The highest BCUT2D eigenvalue weighted by molar-refractivity contribution is 6.04. The van der Waals surface area contributed by atoms with Crippen LogP contribution in [0.5, 0.6) is 0 Å². The van der Waals surface area contributed by atoms with Crippen molar-refractivity contribution in [2.24, 2.45) is 0 Å². The van der Waals surface area contributed by atoms with Gasteiger partial charge in [0, 0.05) is 16.8 Å². The molecular formula is C41H30N2O. The Morgan fingerprint density at radius 1 is 0.500 bits per heavy atom. The molecule has 3 heteroatoms. The van der Waals surface area contributed by atoms with Crippen molar-refractivity contribution in [3.63, 3.8) is 0 Å². The Morgan fingerprint density at radius 2 is 1.07 bits per heavy atom. The number of nitrogens with one attached hydrogen (secondary N) is 1. The lowest BCUT2D eigenvalue weighted by atomic mass is 9.98. The summed E-state index contributed by atoms with van der Waals surface area (Å²) in [6.45, 7) is 0.679. The second kappa shape index (κ2) is 11.1. The summed E-state index contributed by atoms with van der Waals surface area (Å²) in [6.07, 6.45) is 4.13. The highest BCUT2D eigenvalue weighted by Crippen LogP contribution is 2.46. The van der Waals surface area contributed by atoms with Crippen LogP contribution in [0.4, 0.5) is 17.1 Å². The molecule has 0 unspecified atom stereocenters. The van der Waals surface area contributed by atoms with Crippen LogP contribution in [-0.2, 0) is 6.54 Å². The third kappa shape index (κ3) is 4.65.